The molecule has 1 saturated heterocycles. The van der Waals surface area contributed by atoms with Crippen molar-refractivity contribution in [3.63, 3.8) is 0 Å². The molecule has 0 unspecified atom stereocenters. The molecule has 1 atom stereocenters. The largest absolute Gasteiger partial charge is 0.493 e. The van der Waals surface area contributed by atoms with E-state index in [9.17, 15) is 0 Å². The van der Waals surface area contributed by atoms with Crippen LogP contribution in [-0.2, 0) is 0 Å². The number of para-hydroxylation sites is 1. The number of benzene rings is 1. The summed E-state index contributed by atoms with van der Waals surface area (Å²) in [7, 11) is 0. The standard InChI is InChI=1S/C14H21NO/c1-12-6-2-3-8-14(12)16-11-9-13-7-4-5-10-15-13/h2-3,6,8,13,15H,4-5,7,9-11H2,1H3/t13-/m1/s1. The highest BCUT2D eigenvalue weighted by Crippen LogP contribution is 2.17. The third-order valence-corrected chi connectivity index (χ3v) is 3.23. The van der Waals surface area contributed by atoms with Gasteiger partial charge < -0.3 is 10.1 Å². The molecule has 0 amide bonds. The molecule has 1 aliphatic rings. The van der Waals surface area contributed by atoms with Crippen molar-refractivity contribution < 1.29 is 4.74 Å². The summed E-state index contributed by atoms with van der Waals surface area (Å²) in [6, 6.07) is 8.88. The van der Waals surface area contributed by atoms with E-state index in [1.165, 1.54) is 31.4 Å². The van der Waals surface area contributed by atoms with E-state index in [1.54, 1.807) is 0 Å². The molecule has 0 saturated carbocycles. The molecular weight excluding hydrogens is 198 g/mol. The van der Waals surface area contributed by atoms with Crippen molar-refractivity contribution >= 4 is 0 Å². The van der Waals surface area contributed by atoms with E-state index in [2.05, 4.69) is 18.3 Å². The number of nitrogens with one attached hydrogen (secondary N) is 1. The van der Waals surface area contributed by atoms with Crippen LogP contribution in [-0.4, -0.2) is 19.2 Å². The summed E-state index contributed by atoms with van der Waals surface area (Å²) in [5.41, 5.74) is 1.22. The van der Waals surface area contributed by atoms with Gasteiger partial charge in [-0.1, -0.05) is 24.6 Å². The van der Waals surface area contributed by atoms with Crippen molar-refractivity contribution in [2.24, 2.45) is 0 Å². The molecule has 0 radical (unpaired) electrons. The third-order valence-electron chi connectivity index (χ3n) is 3.23. The summed E-state index contributed by atoms with van der Waals surface area (Å²) in [5.74, 6) is 1.03. The van der Waals surface area contributed by atoms with Gasteiger partial charge in [-0.15, -0.1) is 0 Å². The molecule has 0 spiro atoms. The maximum Gasteiger partial charge on any atom is 0.122 e. The Kier molecular flexibility index (Phi) is 4.23. The van der Waals surface area contributed by atoms with Crippen LogP contribution in [0.2, 0.25) is 0 Å². The molecule has 1 aromatic rings. The molecule has 88 valence electrons. The molecule has 0 aromatic heterocycles. The second-order valence-electron chi connectivity index (χ2n) is 4.55. The molecule has 2 heteroatoms. The Bertz CT molecular complexity index is 318. The Morgan fingerprint density at radius 3 is 2.94 bits per heavy atom. The first-order chi connectivity index (χ1) is 7.86. The second-order valence-corrected chi connectivity index (χ2v) is 4.55. The fourth-order valence-electron chi connectivity index (χ4n) is 2.20. The van der Waals surface area contributed by atoms with Crippen LogP contribution in [0.4, 0.5) is 0 Å². The molecule has 1 fully saturated rings. The van der Waals surface area contributed by atoms with Crippen molar-refractivity contribution in [2.45, 2.75) is 38.6 Å². The smallest absolute Gasteiger partial charge is 0.122 e. The molecule has 16 heavy (non-hydrogen) atoms. The van der Waals surface area contributed by atoms with E-state index < -0.39 is 0 Å². The van der Waals surface area contributed by atoms with Crippen LogP contribution in [0.25, 0.3) is 0 Å². The van der Waals surface area contributed by atoms with Gasteiger partial charge in [-0.3, -0.25) is 0 Å². The molecule has 1 aliphatic heterocycles. The maximum atomic E-state index is 5.80. The Labute approximate surface area is 98.0 Å². The number of aryl methyl sites for hydroxylation is 1. The fraction of sp³-hybridized carbons (Fsp3) is 0.571. The fourth-order valence-corrected chi connectivity index (χ4v) is 2.20. The molecule has 0 aliphatic carbocycles. The summed E-state index contributed by atoms with van der Waals surface area (Å²) < 4.78 is 5.80. The number of hydrogen-bond donors (Lipinski definition) is 1. The third kappa shape index (κ3) is 3.24. The quantitative estimate of drug-likeness (QED) is 0.840. The van der Waals surface area contributed by atoms with Crippen LogP contribution in [0.3, 0.4) is 0 Å². The van der Waals surface area contributed by atoms with E-state index in [4.69, 9.17) is 4.74 Å². The van der Waals surface area contributed by atoms with Crippen LogP contribution in [0, 0.1) is 6.92 Å². The van der Waals surface area contributed by atoms with Crippen LogP contribution < -0.4 is 10.1 Å². The first-order valence-electron chi connectivity index (χ1n) is 6.28. The molecular formula is C14H21NO. The van der Waals surface area contributed by atoms with E-state index in [-0.39, 0.29) is 0 Å². The van der Waals surface area contributed by atoms with E-state index in [1.807, 2.05) is 18.2 Å². The highest BCUT2D eigenvalue weighted by molar-refractivity contribution is 5.31. The zero-order chi connectivity index (χ0) is 11.2. The Balaban J connectivity index is 1.73. The van der Waals surface area contributed by atoms with Gasteiger partial charge in [-0.25, -0.2) is 0 Å². The van der Waals surface area contributed by atoms with Crippen molar-refractivity contribution in [3.8, 4) is 5.75 Å². The van der Waals surface area contributed by atoms with Gasteiger partial charge in [0.1, 0.15) is 5.75 Å². The van der Waals surface area contributed by atoms with E-state index >= 15 is 0 Å². The average Bonchev–Trinajstić information content (AvgIpc) is 2.33. The number of hydrogen-bond acceptors (Lipinski definition) is 2. The van der Waals surface area contributed by atoms with Gasteiger partial charge in [0.25, 0.3) is 0 Å². The maximum absolute atomic E-state index is 5.80. The summed E-state index contributed by atoms with van der Waals surface area (Å²) in [4.78, 5) is 0. The van der Waals surface area contributed by atoms with Crippen LogP contribution in [0.15, 0.2) is 24.3 Å². The zero-order valence-electron chi connectivity index (χ0n) is 10.0. The highest BCUT2D eigenvalue weighted by atomic mass is 16.5. The second kappa shape index (κ2) is 5.90. The van der Waals surface area contributed by atoms with Crippen molar-refractivity contribution in [1.29, 1.82) is 0 Å². The van der Waals surface area contributed by atoms with Crippen LogP contribution >= 0.6 is 0 Å². The van der Waals surface area contributed by atoms with Gasteiger partial charge in [0.15, 0.2) is 0 Å². The Morgan fingerprint density at radius 2 is 2.19 bits per heavy atom. The summed E-state index contributed by atoms with van der Waals surface area (Å²) >= 11 is 0. The SMILES string of the molecule is Cc1ccccc1OCC[C@H]1CCCCN1. The van der Waals surface area contributed by atoms with Gasteiger partial charge in [0.2, 0.25) is 0 Å². The summed E-state index contributed by atoms with van der Waals surface area (Å²) in [5, 5.41) is 3.54. The van der Waals surface area contributed by atoms with E-state index in [0.29, 0.717) is 6.04 Å². The van der Waals surface area contributed by atoms with Gasteiger partial charge >= 0.3 is 0 Å². The van der Waals surface area contributed by atoms with Crippen LogP contribution in [0.5, 0.6) is 5.75 Å². The Hall–Kier alpha value is -1.02. The number of rotatable bonds is 4. The molecule has 1 N–H and O–H groups in total. The minimum absolute atomic E-state index is 0.665. The molecule has 2 rings (SSSR count). The number of piperidine rings is 1. The zero-order valence-corrected chi connectivity index (χ0v) is 10.0. The molecule has 1 heterocycles. The first kappa shape index (κ1) is 11.5. The van der Waals surface area contributed by atoms with Gasteiger partial charge in [-0.05, 0) is 44.4 Å². The molecule has 0 bridgehead atoms. The topological polar surface area (TPSA) is 21.3 Å². The van der Waals surface area contributed by atoms with Crippen molar-refractivity contribution in [1.82, 2.24) is 5.32 Å². The minimum Gasteiger partial charge on any atom is -0.493 e. The summed E-state index contributed by atoms with van der Waals surface area (Å²) in [6.07, 6.45) is 5.11. The summed E-state index contributed by atoms with van der Waals surface area (Å²) in [6.45, 7) is 4.09. The highest BCUT2D eigenvalue weighted by Gasteiger charge is 2.12. The lowest BCUT2D eigenvalue weighted by Crippen LogP contribution is -2.35. The predicted octanol–water partition coefficient (Wildman–Crippen LogP) is 2.91. The lowest BCUT2D eigenvalue weighted by molar-refractivity contribution is 0.267. The first-order valence-corrected chi connectivity index (χ1v) is 6.28. The van der Waals surface area contributed by atoms with Gasteiger partial charge in [-0.2, -0.15) is 0 Å². The molecule has 2 nitrogen and oxygen atoms in total. The number of ether oxygens (including phenoxy) is 1. The van der Waals surface area contributed by atoms with Crippen molar-refractivity contribution in [3.05, 3.63) is 29.8 Å². The lowest BCUT2D eigenvalue weighted by Gasteiger charge is -2.23. The van der Waals surface area contributed by atoms with Crippen molar-refractivity contribution in [2.75, 3.05) is 13.2 Å². The van der Waals surface area contributed by atoms with E-state index in [0.717, 1.165) is 18.8 Å². The van der Waals surface area contributed by atoms with Gasteiger partial charge in [0, 0.05) is 6.04 Å². The monoisotopic (exact) mass is 219 g/mol. The van der Waals surface area contributed by atoms with Crippen LogP contribution in [0.1, 0.15) is 31.2 Å². The molecule has 1 aromatic carbocycles. The lowest BCUT2D eigenvalue weighted by atomic mass is 10.0. The average molecular weight is 219 g/mol. The normalized spacial score (nSPS) is 20.7. The Morgan fingerprint density at radius 1 is 1.31 bits per heavy atom. The predicted molar refractivity (Wildman–Crippen MR) is 66.9 cm³/mol. The minimum atomic E-state index is 0.665. The van der Waals surface area contributed by atoms with Gasteiger partial charge in [0.05, 0.1) is 6.61 Å².